The molecule has 5 nitrogen and oxygen atoms in total. The van der Waals surface area contributed by atoms with Crippen molar-refractivity contribution in [2.75, 3.05) is 7.11 Å². The van der Waals surface area contributed by atoms with Gasteiger partial charge in [0, 0.05) is 24.5 Å². The summed E-state index contributed by atoms with van der Waals surface area (Å²) in [6, 6.07) is 14.9. The highest BCUT2D eigenvalue weighted by atomic mass is 16.5. The van der Waals surface area contributed by atoms with Gasteiger partial charge in [-0.3, -0.25) is 4.79 Å². The lowest BCUT2D eigenvalue weighted by molar-refractivity contribution is 0.0951. The molecule has 0 aliphatic rings. The molecule has 3 aromatic rings. The molecule has 0 radical (unpaired) electrons. The van der Waals surface area contributed by atoms with Gasteiger partial charge in [0.25, 0.3) is 5.91 Å². The van der Waals surface area contributed by atoms with E-state index < -0.39 is 0 Å². The number of hydrogen-bond acceptors (Lipinski definition) is 3. The first-order chi connectivity index (χ1) is 11.3. The number of ether oxygens (including phenoxy) is 1. The standard InChI is InChI=1S/C18H17N3O2/c1-23-16-8-6-14(7-9-16)18(22)20-12-15-4-2-3-5-17(15)21-11-10-19-13-21/h2-11,13H,12H2,1H3,(H,20,22). The molecule has 0 aliphatic carbocycles. The Morgan fingerprint density at radius 2 is 1.96 bits per heavy atom. The van der Waals surface area contributed by atoms with Crippen LogP contribution in [0.2, 0.25) is 0 Å². The third kappa shape index (κ3) is 3.40. The second kappa shape index (κ2) is 6.79. The van der Waals surface area contributed by atoms with Crippen molar-refractivity contribution in [2.24, 2.45) is 0 Å². The van der Waals surface area contributed by atoms with Gasteiger partial charge in [-0.2, -0.15) is 0 Å². The average Bonchev–Trinajstić information content (AvgIpc) is 3.14. The number of amides is 1. The van der Waals surface area contributed by atoms with E-state index in [1.54, 1.807) is 43.9 Å². The van der Waals surface area contributed by atoms with Crippen LogP contribution in [0.25, 0.3) is 5.69 Å². The number of carbonyl (C=O) groups is 1. The minimum absolute atomic E-state index is 0.118. The van der Waals surface area contributed by atoms with Gasteiger partial charge in [-0.15, -0.1) is 0 Å². The number of aromatic nitrogens is 2. The van der Waals surface area contributed by atoms with Gasteiger partial charge in [-0.05, 0) is 35.9 Å². The van der Waals surface area contributed by atoms with E-state index in [2.05, 4.69) is 10.3 Å². The molecule has 0 spiro atoms. The van der Waals surface area contributed by atoms with Gasteiger partial charge in [0.2, 0.25) is 0 Å². The highest BCUT2D eigenvalue weighted by molar-refractivity contribution is 5.94. The fourth-order valence-electron chi connectivity index (χ4n) is 2.33. The van der Waals surface area contributed by atoms with Crippen molar-refractivity contribution in [3.8, 4) is 11.4 Å². The number of rotatable bonds is 5. The van der Waals surface area contributed by atoms with Gasteiger partial charge >= 0.3 is 0 Å². The van der Waals surface area contributed by atoms with Crippen LogP contribution >= 0.6 is 0 Å². The summed E-state index contributed by atoms with van der Waals surface area (Å²) in [5, 5.41) is 2.94. The van der Waals surface area contributed by atoms with Gasteiger partial charge in [-0.1, -0.05) is 18.2 Å². The first-order valence-corrected chi connectivity index (χ1v) is 7.26. The Kier molecular flexibility index (Phi) is 4.38. The van der Waals surface area contributed by atoms with E-state index in [1.807, 2.05) is 35.0 Å². The third-order valence-corrected chi connectivity index (χ3v) is 3.57. The second-order valence-corrected chi connectivity index (χ2v) is 5.01. The molecule has 1 heterocycles. The number of imidazole rings is 1. The quantitative estimate of drug-likeness (QED) is 0.788. The molecule has 0 bridgehead atoms. The van der Waals surface area contributed by atoms with E-state index in [-0.39, 0.29) is 5.91 Å². The number of nitrogens with one attached hydrogen (secondary N) is 1. The van der Waals surface area contributed by atoms with Gasteiger partial charge in [0.15, 0.2) is 0 Å². The van der Waals surface area contributed by atoms with Crippen LogP contribution in [0.3, 0.4) is 0 Å². The molecule has 1 N–H and O–H groups in total. The summed E-state index contributed by atoms with van der Waals surface area (Å²) in [6.45, 7) is 0.444. The summed E-state index contributed by atoms with van der Waals surface area (Å²) in [5.41, 5.74) is 2.62. The zero-order valence-electron chi connectivity index (χ0n) is 12.8. The summed E-state index contributed by atoms with van der Waals surface area (Å²) in [6.07, 6.45) is 5.35. The van der Waals surface area contributed by atoms with E-state index in [9.17, 15) is 4.79 Å². The molecule has 0 aliphatic heterocycles. The van der Waals surface area contributed by atoms with Gasteiger partial charge in [-0.25, -0.2) is 4.98 Å². The molecule has 116 valence electrons. The van der Waals surface area contributed by atoms with Crippen molar-refractivity contribution in [1.29, 1.82) is 0 Å². The van der Waals surface area contributed by atoms with Crippen LogP contribution in [0.15, 0.2) is 67.3 Å². The number of hydrogen-bond donors (Lipinski definition) is 1. The Bertz CT molecular complexity index is 780. The van der Waals surface area contributed by atoms with E-state index in [0.29, 0.717) is 12.1 Å². The lowest BCUT2D eigenvalue weighted by atomic mass is 10.1. The lowest BCUT2D eigenvalue weighted by Crippen LogP contribution is -2.23. The predicted octanol–water partition coefficient (Wildman–Crippen LogP) is 2.81. The van der Waals surface area contributed by atoms with Crippen molar-refractivity contribution < 1.29 is 9.53 Å². The molecule has 0 fully saturated rings. The molecule has 0 atom stereocenters. The molecule has 2 aromatic carbocycles. The van der Waals surface area contributed by atoms with Crippen LogP contribution < -0.4 is 10.1 Å². The average molecular weight is 307 g/mol. The number of carbonyl (C=O) groups excluding carboxylic acids is 1. The summed E-state index contributed by atoms with van der Waals surface area (Å²) >= 11 is 0. The predicted molar refractivity (Wildman–Crippen MR) is 87.7 cm³/mol. The Hall–Kier alpha value is -3.08. The van der Waals surface area contributed by atoms with E-state index in [4.69, 9.17) is 4.74 Å². The largest absolute Gasteiger partial charge is 0.497 e. The molecule has 1 aromatic heterocycles. The number of benzene rings is 2. The first kappa shape index (κ1) is 14.8. The fraction of sp³-hybridized carbons (Fsp3) is 0.111. The summed E-state index contributed by atoms with van der Waals surface area (Å²) < 4.78 is 7.02. The van der Waals surface area contributed by atoms with Crippen LogP contribution in [-0.4, -0.2) is 22.6 Å². The molecule has 23 heavy (non-hydrogen) atoms. The third-order valence-electron chi connectivity index (χ3n) is 3.57. The maximum absolute atomic E-state index is 12.2. The Labute approximate surface area is 134 Å². The summed E-state index contributed by atoms with van der Waals surface area (Å²) in [5.74, 6) is 0.611. The van der Waals surface area contributed by atoms with Gasteiger partial charge < -0.3 is 14.6 Å². The molecule has 0 unspecified atom stereocenters. The molecule has 3 rings (SSSR count). The smallest absolute Gasteiger partial charge is 0.251 e. The fourth-order valence-corrected chi connectivity index (χ4v) is 2.33. The number of nitrogens with zero attached hydrogens (tertiary/aromatic N) is 2. The first-order valence-electron chi connectivity index (χ1n) is 7.26. The second-order valence-electron chi connectivity index (χ2n) is 5.01. The maximum Gasteiger partial charge on any atom is 0.251 e. The Balaban J connectivity index is 1.72. The highest BCUT2D eigenvalue weighted by Crippen LogP contribution is 2.15. The lowest BCUT2D eigenvalue weighted by Gasteiger charge is -2.11. The van der Waals surface area contributed by atoms with E-state index >= 15 is 0 Å². The van der Waals surface area contributed by atoms with Crippen LogP contribution in [-0.2, 0) is 6.54 Å². The minimum atomic E-state index is -0.118. The van der Waals surface area contributed by atoms with Crippen molar-refractivity contribution in [3.63, 3.8) is 0 Å². The number of methoxy groups -OCH3 is 1. The van der Waals surface area contributed by atoms with Crippen molar-refractivity contribution in [1.82, 2.24) is 14.9 Å². The van der Waals surface area contributed by atoms with Crippen LogP contribution in [0.4, 0.5) is 0 Å². The molecular weight excluding hydrogens is 290 g/mol. The molecule has 5 heteroatoms. The zero-order chi connectivity index (χ0) is 16.1. The van der Waals surface area contributed by atoms with Crippen molar-refractivity contribution >= 4 is 5.91 Å². The summed E-state index contributed by atoms with van der Waals surface area (Å²) in [4.78, 5) is 16.3. The van der Waals surface area contributed by atoms with Gasteiger partial charge in [0.1, 0.15) is 5.75 Å². The normalized spacial score (nSPS) is 10.3. The monoisotopic (exact) mass is 307 g/mol. The Morgan fingerprint density at radius 1 is 1.17 bits per heavy atom. The zero-order valence-corrected chi connectivity index (χ0v) is 12.8. The van der Waals surface area contributed by atoms with Crippen molar-refractivity contribution in [2.45, 2.75) is 6.54 Å². The molecule has 0 saturated carbocycles. The molecular formula is C18H17N3O2. The topological polar surface area (TPSA) is 56.1 Å². The van der Waals surface area contributed by atoms with Crippen molar-refractivity contribution in [3.05, 3.63) is 78.4 Å². The number of para-hydroxylation sites is 1. The minimum Gasteiger partial charge on any atom is -0.497 e. The highest BCUT2D eigenvalue weighted by Gasteiger charge is 2.08. The summed E-state index contributed by atoms with van der Waals surface area (Å²) in [7, 11) is 1.60. The maximum atomic E-state index is 12.2. The SMILES string of the molecule is COc1ccc(C(=O)NCc2ccccc2-n2ccnc2)cc1. The van der Waals surface area contributed by atoms with Crippen LogP contribution in [0, 0.1) is 0 Å². The van der Waals surface area contributed by atoms with Crippen LogP contribution in [0.5, 0.6) is 5.75 Å². The van der Waals surface area contributed by atoms with E-state index in [1.165, 1.54) is 0 Å². The molecule has 0 saturated heterocycles. The Morgan fingerprint density at radius 3 is 2.65 bits per heavy atom. The van der Waals surface area contributed by atoms with E-state index in [0.717, 1.165) is 17.0 Å². The molecule has 1 amide bonds. The van der Waals surface area contributed by atoms with Gasteiger partial charge in [0.05, 0.1) is 19.1 Å². The van der Waals surface area contributed by atoms with Crippen LogP contribution in [0.1, 0.15) is 15.9 Å².